The highest BCUT2D eigenvalue weighted by molar-refractivity contribution is 5.57. The van der Waals surface area contributed by atoms with Crippen LogP contribution in [0.25, 0.3) is 0 Å². The van der Waals surface area contributed by atoms with E-state index in [9.17, 15) is 8.78 Å². The van der Waals surface area contributed by atoms with Crippen molar-refractivity contribution in [3.05, 3.63) is 65.9 Å². The van der Waals surface area contributed by atoms with Gasteiger partial charge in [-0.05, 0) is 36.2 Å². The van der Waals surface area contributed by atoms with Crippen LogP contribution in [-0.2, 0) is 6.42 Å². The maximum atomic E-state index is 13.7. The van der Waals surface area contributed by atoms with Crippen LogP contribution >= 0.6 is 0 Å². The monoisotopic (exact) mass is 357 g/mol. The molecule has 0 aliphatic heterocycles. The van der Waals surface area contributed by atoms with E-state index in [2.05, 4.69) is 25.8 Å². The van der Waals surface area contributed by atoms with Gasteiger partial charge >= 0.3 is 0 Å². The maximum Gasteiger partial charge on any atom is 0.244 e. The molecule has 0 amide bonds. The summed E-state index contributed by atoms with van der Waals surface area (Å²) in [5.74, 6) is -0.187. The van der Waals surface area contributed by atoms with Crippen LogP contribution in [0.5, 0.6) is 5.75 Å². The second kappa shape index (κ2) is 8.19. The molecule has 0 aliphatic carbocycles. The molecule has 0 spiro atoms. The minimum atomic E-state index is -0.712. The van der Waals surface area contributed by atoms with E-state index < -0.39 is 11.6 Å². The van der Waals surface area contributed by atoms with Gasteiger partial charge in [0.05, 0.1) is 13.3 Å². The molecule has 0 atom stereocenters. The van der Waals surface area contributed by atoms with Crippen LogP contribution in [0.4, 0.5) is 26.2 Å². The van der Waals surface area contributed by atoms with Gasteiger partial charge in [-0.3, -0.25) is 0 Å². The molecule has 1 heterocycles. The highest BCUT2D eigenvalue weighted by Gasteiger charge is 2.10. The van der Waals surface area contributed by atoms with Crippen molar-refractivity contribution in [3.63, 3.8) is 0 Å². The van der Waals surface area contributed by atoms with E-state index >= 15 is 0 Å². The van der Waals surface area contributed by atoms with Gasteiger partial charge in [-0.1, -0.05) is 18.2 Å². The number of methoxy groups -OCH3 is 1. The smallest absolute Gasteiger partial charge is 0.244 e. The van der Waals surface area contributed by atoms with E-state index in [0.29, 0.717) is 6.54 Å². The zero-order chi connectivity index (χ0) is 18.4. The van der Waals surface area contributed by atoms with E-state index in [0.717, 1.165) is 29.9 Å². The Morgan fingerprint density at radius 1 is 1.08 bits per heavy atom. The number of nitrogens with zero attached hydrogens (tertiary/aromatic N) is 3. The Hall–Kier alpha value is -3.29. The van der Waals surface area contributed by atoms with Gasteiger partial charge in [0, 0.05) is 6.54 Å². The SMILES string of the molecule is COc1cccc(CCNc2nncc(Nc3c(F)cccc3F)n2)c1. The van der Waals surface area contributed by atoms with Gasteiger partial charge in [0.15, 0.2) is 5.82 Å². The molecule has 0 saturated carbocycles. The van der Waals surface area contributed by atoms with Crippen LogP contribution in [0.3, 0.4) is 0 Å². The van der Waals surface area contributed by atoms with Crippen molar-refractivity contribution < 1.29 is 13.5 Å². The molecule has 2 N–H and O–H groups in total. The second-order valence-electron chi connectivity index (χ2n) is 5.42. The molecular weight excluding hydrogens is 340 g/mol. The van der Waals surface area contributed by atoms with Gasteiger partial charge in [-0.2, -0.15) is 10.1 Å². The predicted molar refractivity (Wildman–Crippen MR) is 94.7 cm³/mol. The minimum absolute atomic E-state index is 0.188. The molecule has 0 fully saturated rings. The number of hydrogen-bond donors (Lipinski definition) is 2. The lowest BCUT2D eigenvalue weighted by Gasteiger charge is -2.09. The summed E-state index contributed by atoms with van der Waals surface area (Å²) in [6, 6.07) is 11.3. The van der Waals surface area contributed by atoms with Crippen molar-refractivity contribution in [2.75, 3.05) is 24.3 Å². The molecule has 1 aromatic heterocycles. The summed E-state index contributed by atoms with van der Waals surface area (Å²) in [6.45, 7) is 0.562. The van der Waals surface area contributed by atoms with Crippen LogP contribution in [-0.4, -0.2) is 28.8 Å². The second-order valence-corrected chi connectivity index (χ2v) is 5.42. The maximum absolute atomic E-state index is 13.7. The van der Waals surface area contributed by atoms with Gasteiger partial charge in [0.1, 0.15) is 23.1 Å². The van der Waals surface area contributed by atoms with E-state index in [4.69, 9.17) is 4.74 Å². The van der Waals surface area contributed by atoms with E-state index in [-0.39, 0.29) is 17.5 Å². The molecule has 134 valence electrons. The van der Waals surface area contributed by atoms with E-state index in [1.165, 1.54) is 12.3 Å². The Morgan fingerprint density at radius 2 is 1.85 bits per heavy atom. The van der Waals surface area contributed by atoms with Gasteiger partial charge in [0.25, 0.3) is 0 Å². The quantitative estimate of drug-likeness (QED) is 0.674. The molecule has 0 aliphatic rings. The zero-order valence-corrected chi connectivity index (χ0v) is 14.0. The van der Waals surface area contributed by atoms with Crippen molar-refractivity contribution in [1.29, 1.82) is 0 Å². The Morgan fingerprint density at radius 3 is 2.62 bits per heavy atom. The summed E-state index contributed by atoms with van der Waals surface area (Å²) in [6.07, 6.45) is 2.01. The number of halogens is 2. The van der Waals surface area contributed by atoms with Gasteiger partial charge in [0.2, 0.25) is 5.95 Å². The van der Waals surface area contributed by atoms with Gasteiger partial charge in [-0.15, -0.1) is 5.10 Å². The number of para-hydroxylation sites is 1. The summed E-state index contributed by atoms with van der Waals surface area (Å²) in [4.78, 5) is 4.16. The third-order valence-electron chi connectivity index (χ3n) is 3.61. The Labute approximate surface area is 149 Å². The van der Waals surface area contributed by atoms with Crippen molar-refractivity contribution in [2.45, 2.75) is 6.42 Å². The van der Waals surface area contributed by atoms with Crippen LogP contribution in [0.15, 0.2) is 48.7 Å². The van der Waals surface area contributed by atoms with E-state index in [1.807, 2.05) is 24.3 Å². The Bertz CT molecular complexity index is 871. The number of ether oxygens (including phenoxy) is 1. The number of hydrogen-bond acceptors (Lipinski definition) is 6. The van der Waals surface area contributed by atoms with Crippen LogP contribution in [0.1, 0.15) is 5.56 Å². The van der Waals surface area contributed by atoms with Crippen molar-refractivity contribution >= 4 is 17.5 Å². The molecule has 2 aromatic carbocycles. The topological polar surface area (TPSA) is 72.0 Å². The first-order valence-corrected chi connectivity index (χ1v) is 7.93. The first kappa shape index (κ1) is 17.5. The molecule has 6 nitrogen and oxygen atoms in total. The largest absolute Gasteiger partial charge is 0.497 e. The Balaban J connectivity index is 1.62. The molecule has 3 rings (SSSR count). The number of rotatable bonds is 7. The molecule has 0 bridgehead atoms. The fourth-order valence-corrected chi connectivity index (χ4v) is 2.33. The lowest BCUT2D eigenvalue weighted by atomic mass is 10.1. The lowest BCUT2D eigenvalue weighted by molar-refractivity contribution is 0.414. The summed E-state index contributed by atoms with van der Waals surface area (Å²) in [7, 11) is 1.62. The van der Waals surface area contributed by atoms with Crippen molar-refractivity contribution in [1.82, 2.24) is 15.2 Å². The molecule has 3 aromatic rings. The third kappa shape index (κ3) is 4.41. The highest BCUT2D eigenvalue weighted by Crippen LogP contribution is 2.21. The predicted octanol–water partition coefficient (Wildman–Crippen LogP) is 3.56. The number of anilines is 3. The normalized spacial score (nSPS) is 10.4. The summed E-state index contributed by atoms with van der Waals surface area (Å²) >= 11 is 0. The van der Waals surface area contributed by atoms with Crippen molar-refractivity contribution in [3.8, 4) is 5.75 Å². The lowest BCUT2D eigenvalue weighted by Crippen LogP contribution is -2.10. The molecule has 0 saturated heterocycles. The van der Waals surface area contributed by atoms with Crippen LogP contribution in [0, 0.1) is 11.6 Å². The van der Waals surface area contributed by atoms with Gasteiger partial charge < -0.3 is 15.4 Å². The summed E-state index contributed by atoms with van der Waals surface area (Å²) in [5, 5.41) is 13.3. The van der Waals surface area contributed by atoms with Crippen molar-refractivity contribution in [2.24, 2.45) is 0 Å². The average Bonchev–Trinajstić information content (AvgIpc) is 2.65. The number of aromatic nitrogens is 3. The molecule has 0 unspecified atom stereocenters. The molecule has 8 heteroatoms. The van der Waals surface area contributed by atoms with Gasteiger partial charge in [-0.25, -0.2) is 8.78 Å². The zero-order valence-electron chi connectivity index (χ0n) is 14.0. The summed E-state index contributed by atoms with van der Waals surface area (Å²) < 4.78 is 32.6. The Kier molecular flexibility index (Phi) is 5.52. The molecule has 0 radical (unpaired) electrons. The van der Waals surface area contributed by atoms with Crippen LogP contribution < -0.4 is 15.4 Å². The van der Waals surface area contributed by atoms with Crippen LogP contribution in [0.2, 0.25) is 0 Å². The van der Waals surface area contributed by atoms with E-state index in [1.54, 1.807) is 7.11 Å². The molecular formula is C18H17F2N5O. The molecule has 26 heavy (non-hydrogen) atoms. The first-order chi connectivity index (χ1) is 12.7. The average molecular weight is 357 g/mol. The fraction of sp³-hybridized carbons (Fsp3) is 0.167. The number of nitrogens with one attached hydrogen (secondary N) is 2. The minimum Gasteiger partial charge on any atom is -0.497 e. The fourth-order valence-electron chi connectivity index (χ4n) is 2.33. The highest BCUT2D eigenvalue weighted by atomic mass is 19.1. The standard InChI is InChI=1S/C18H17F2N5O/c1-26-13-5-2-4-12(10-13)8-9-21-18-24-16(11-22-25-18)23-17-14(19)6-3-7-15(17)20/h2-7,10-11H,8-9H2,1H3,(H2,21,23,24,25). The summed E-state index contributed by atoms with van der Waals surface area (Å²) in [5.41, 5.74) is 0.808. The number of benzene rings is 2. The first-order valence-electron chi connectivity index (χ1n) is 7.93. The third-order valence-corrected chi connectivity index (χ3v) is 3.61.